The first-order valence-electron chi connectivity index (χ1n) is 7.07. The van der Waals surface area contributed by atoms with Crippen LogP contribution in [0.3, 0.4) is 0 Å². The van der Waals surface area contributed by atoms with Crippen LogP contribution in [-0.2, 0) is 14.3 Å². The summed E-state index contributed by atoms with van der Waals surface area (Å²) >= 11 is 0. The lowest BCUT2D eigenvalue weighted by atomic mass is 10.2. The molecule has 1 saturated heterocycles. The van der Waals surface area contributed by atoms with Crippen molar-refractivity contribution >= 4 is 5.91 Å². The molecule has 0 aromatic heterocycles. The molecule has 1 aliphatic heterocycles. The summed E-state index contributed by atoms with van der Waals surface area (Å²) in [6, 6.07) is 6.55. The Morgan fingerprint density at radius 2 is 2.00 bits per heavy atom. The van der Waals surface area contributed by atoms with E-state index in [1.165, 1.54) is 6.92 Å². The van der Waals surface area contributed by atoms with Crippen LogP contribution >= 0.6 is 0 Å². The molecule has 1 amide bonds. The summed E-state index contributed by atoms with van der Waals surface area (Å²) in [5.74, 6) is 0.856. The second kappa shape index (κ2) is 7.85. The van der Waals surface area contributed by atoms with Crippen LogP contribution in [0.4, 0.5) is 0 Å². The molecule has 1 heterocycles. The number of carbonyl (C=O) groups is 1. The van der Waals surface area contributed by atoms with E-state index in [9.17, 15) is 9.90 Å². The Kier molecular flexibility index (Phi) is 5.83. The van der Waals surface area contributed by atoms with Gasteiger partial charge in [-0.15, -0.1) is 0 Å². The molecular formula is C15H21NO5. The van der Waals surface area contributed by atoms with Crippen molar-refractivity contribution in [2.24, 2.45) is 0 Å². The highest BCUT2D eigenvalue weighted by Gasteiger charge is 2.23. The lowest BCUT2D eigenvalue weighted by Crippen LogP contribution is -2.39. The van der Waals surface area contributed by atoms with Gasteiger partial charge in [0.05, 0.1) is 13.2 Å². The topological polar surface area (TPSA) is 77.0 Å². The van der Waals surface area contributed by atoms with Gasteiger partial charge >= 0.3 is 0 Å². The van der Waals surface area contributed by atoms with Crippen molar-refractivity contribution in [3.8, 4) is 11.5 Å². The summed E-state index contributed by atoms with van der Waals surface area (Å²) in [4.78, 5) is 10.7. The van der Waals surface area contributed by atoms with Crippen molar-refractivity contribution in [2.75, 3.05) is 19.8 Å². The highest BCUT2D eigenvalue weighted by molar-refractivity contribution is 5.72. The number of phenolic OH excluding ortho intramolecular Hbond substituents is 1. The van der Waals surface area contributed by atoms with Crippen LogP contribution in [0, 0.1) is 0 Å². The molecule has 1 aromatic rings. The van der Waals surface area contributed by atoms with Crippen LogP contribution in [0.2, 0.25) is 0 Å². The highest BCUT2D eigenvalue weighted by atomic mass is 16.7. The van der Waals surface area contributed by atoms with Gasteiger partial charge in [0.25, 0.3) is 0 Å². The molecule has 0 spiro atoms. The summed E-state index contributed by atoms with van der Waals surface area (Å²) < 4.78 is 16.9. The maximum Gasteiger partial charge on any atom is 0.216 e. The Labute approximate surface area is 124 Å². The summed E-state index contributed by atoms with van der Waals surface area (Å²) in [6.45, 7) is 3.06. The molecule has 2 N–H and O–H groups in total. The van der Waals surface area contributed by atoms with Crippen molar-refractivity contribution in [1.29, 1.82) is 0 Å². The number of phenols is 1. The molecule has 116 valence electrons. The maximum atomic E-state index is 10.7. The van der Waals surface area contributed by atoms with E-state index in [0.717, 1.165) is 12.8 Å². The van der Waals surface area contributed by atoms with Crippen molar-refractivity contribution in [3.05, 3.63) is 24.3 Å². The van der Waals surface area contributed by atoms with E-state index >= 15 is 0 Å². The van der Waals surface area contributed by atoms with Gasteiger partial charge in [0.15, 0.2) is 6.29 Å². The molecule has 0 radical (unpaired) electrons. The fourth-order valence-electron chi connectivity index (χ4n) is 2.01. The molecule has 21 heavy (non-hydrogen) atoms. The van der Waals surface area contributed by atoms with Crippen molar-refractivity contribution in [2.45, 2.75) is 32.2 Å². The third kappa shape index (κ3) is 5.61. The molecule has 1 aromatic carbocycles. The van der Waals surface area contributed by atoms with E-state index < -0.39 is 0 Å². The first-order chi connectivity index (χ1) is 10.1. The lowest BCUT2D eigenvalue weighted by molar-refractivity contribution is -0.213. The molecule has 0 unspecified atom stereocenters. The highest BCUT2D eigenvalue weighted by Crippen LogP contribution is 2.19. The van der Waals surface area contributed by atoms with Crippen LogP contribution in [0.15, 0.2) is 24.3 Å². The zero-order valence-electron chi connectivity index (χ0n) is 12.1. The summed E-state index contributed by atoms with van der Waals surface area (Å²) in [5.41, 5.74) is 0. The zero-order chi connectivity index (χ0) is 15.1. The molecule has 6 heteroatoms. The number of carbonyl (C=O) groups excluding carboxylic acids is 1. The average Bonchev–Trinajstić information content (AvgIpc) is 2.47. The molecule has 0 saturated carbocycles. The maximum absolute atomic E-state index is 10.7. The van der Waals surface area contributed by atoms with Crippen LogP contribution in [-0.4, -0.2) is 43.2 Å². The molecular weight excluding hydrogens is 274 g/mol. The van der Waals surface area contributed by atoms with Gasteiger partial charge in [0.1, 0.15) is 17.6 Å². The second-order valence-corrected chi connectivity index (χ2v) is 4.96. The van der Waals surface area contributed by atoms with E-state index in [0.29, 0.717) is 25.5 Å². The van der Waals surface area contributed by atoms with Crippen LogP contribution in [0.25, 0.3) is 0 Å². The summed E-state index contributed by atoms with van der Waals surface area (Å²) in [6.07, 6.45) is 1.17. The third-order valence-corrected chi connectivity index (χ3v) is 3.07. The number of nitrogens with one attached hydrogen (secondary N) is 1. The SMILES string of the molecule is CC(=O)NCCCC1OCC(Oc2ccc(O)cc2)CO1. The van der Waals surface area contributed by atoms with Gasteiger partial charge in [-0.05, 0) is 30.7 Å². The molecule has 1 fully saturated rings. The van der Waals surface area contributed by atoms with Gasteiger partial charge in [-0.25, -0.2) is 0 Å². The van der Waals surface area contributed by atoms with Gasteiger partial charge in [-0.1, -0.05) is 0 Å². The average molecular weight is 295 g/mol. The quantitative estimate of drug-likeness (QED) is 0.776. The minimum atomic E-state index is -0.238. The van der Waals surface area contributed by atoms with Gasteiger partial charge in [-0.3, -0.25) is 4.79 Å². The number of hydrogen-bond donors (Lipinski definition) is 2. The van der Waals surface area contributed by atoms with Crippen LogP contribution in [0.5, 0.6) is 11.5 Å². The zero-order valence-corrected chi connectivity index (χ0v) is 12.1. The third-order valence-electron chi connectivity index (χ3n) is 3.07. The Morgan fingerprint density at radius 1 is 1.33 bits per heavy atom. The van der Waals surface area contributed by atoms with E-state index in [1.807, 2.05) is 0 Å². The Morgan fingerprint density at radius 3 is 2.62 bits per heavy atom. The molecule has 0 atom stereocenters. The predicted molar refractivity (Wildman–Crippen MR) is 76.1 cm³/mol. The van der Waals surface area contributed by atoms with Gasteiger partial charge in [-0.2, -0.15) is 0 Å². The van der Waals surface area contributed by atoms with Crippen molar-refractivity contribution < 1.29 is 24.1 Å². The smallest absolute Gasteiger partial charge is 0.216 e. The minimum Gasteiger partial charge on any atom is -0.508 e. The molecule has 2 rings (SSSR count). The standard InChI is InChI=1S/C15H21NO5/c1-11(17)16-8-2-3-15-19-9-14(10-20-15)21-13-6-4-12(18)5-7-13/h4-7,14-15,18H,2-3,8-10H2,1H3,(H,16,17). The normalized spacial score (nSPS) is 21.8. The van der Waals surface area contributed by atoms with Crippen molar-refractivity contribution in [1.82, 2.24) is 5.32 Å². The second-order valence-electron chi connectivity index (χ2n) is 4.96. The number of amides is 1. The predicted octanol–water partition coefficient (Wildman–Crippen LogP) is 1.43. The van der Waals surface area contributed by atoms with E-state index in [2.05, 4.69) is 5.32 Å². The van der Waals surface area contributed by atoms with Crippen LogP contribution in [0.1, 0.15) is 19.8 Å². The minimum absolute atomic E-state index is 0.0251. The van der Waals surface area contributed by atoms with Gasteiger partial charge in [0, 0.05) is 19.9 Å². The molecule has 0 bridgehead atoms. The fraction of sp³-hybridized carbons (Fsp3) is 0.533. The molecule has 6 nitrogen and oxygen atoms in total. The fourth-order valence-corrected chi connectivity index (χ4v) is 2.01. The Hall–Kier alpha value is -1.79. The Balaban J connectivity index is 1.64. The van der Waals surface area contributed by atoms with Crippen LogP contribution < -0.4 is 10.1 Å². The monoisotopic (exact) mass is 295 g/mol. The first kappa shape index (κ1) is 15.6. The van der Waals surface area contributed by atoms with E-state index in [-0.39, 0.29) is 24.1 Å². The first-order valence-corrected chi connectivity index (χ1v) is 7.07. The number of benzene rings is 1. The van der Waals surface area contributed by atoms with Gasteiger partial charge in [0.2, 0.25) is 5.91 Å². The number of hydrogen-bond acceptors (Lipinski definition) is 5. The van der Waals surface area contributed by atoms with E-state index in [1.54, 1.807) is 24.3 Å². The molecule has 1 aliphatic rings. The molecule has 0 aliphatic carbocycles. The summed E-state index contributed by atoms with van der Waals surface area (Å²) in [5, 5.41) is 11.9. The lowest BCUT2D eigenvalue weighted by Gasteiger charge is -2.29. The largest absolute Gasteiger partial charge is 0.508 e. The van der Waals surface area contributed by atoms with Crippen molar-refractivity contribution in [3.63, 3.8) is 0 Å². The number of aromatic hydroxyl groups is 1. The number of rotatable bonds is 6. The van der Waals surface area contributed by atoms with Gasteiger partial charge < -0.3 is 24.6 Å². The summed E-state index contributed by atoms with van der Waals surface area (Å²) in [7, 11) is 0. The number of ether oxygens (including phenoxy) is 3. The Bertz CT molecular complexity index is 440. The van der Waals surface area contributed by atoms with E-state index in [4.69, 9.17) is 14.2 Å².